The van der Waals surface area contributed by atoms with Crippen LogP contribution < -0.4 is 15.4 Å². The molecule has 212 valence electrons. The lowest BCUT2D eigenvalue weighted by Gasteiger charge is -2.17. The molecule has 0 atom stereocenters. The number of ether oxygens (including phenoxy) is 1. The van der Waals surface area contributed by atoms with Crippen LogP contribution in [0.15, 0.2) is 83.5 Å². The lowest BCUT2D eigenvalue weighted by molar-refractivity contribution is 0.300. The molecular weight excluding hydrogens is 541 g/mol. The quantitative estimate of drug-likeness (QED) is 0.142. The van der Waals surface area contributed by atoms with Crippen LogP contribution in [0.1, 0.15) is 25.2 Å². The summed E-state index contributed by atoms with van der Waals surface area (Å²) in [7, 11) is 0. The molecule has 41 heavy (non-hydrogen) atoms. The minimum Gasteiger partial charge on any atom is -0.487 e. The smallest absolute Gasteiger partial charge is 0.141 e. The average molecular weight is 574 g/mol. The summed E-state index contributed by atoms with van der Waals surface area (Å²) in [6.07, 6.45) is 1.53. The number of hydrogen-bond donors (Lipinski definition) is 2. The zero-order chi connectivity index (χ0) is 28.6. The highest BCUT2D eigenvalue weighted by molar-refractivity contribution is 6.32. The van der Waals surface area contributed by atoms with Crippen molar-refractivity contribution in [2.75, 3.05) is 31.5 Å². The molecule has 7 nitrogen and oxygen atoms in total. The normalized spacial score (nSPS) is 11.3. The zero-order valence-electron chi connectivity index (χ0n) is 23.2. The molecule has 9 heteroatoms. The average Bonchev–Trinajstić information content (AvgIpc) is 3.46. The Morgan fingerprint density at radius 1 is 0.976 bits per heavy atom. The minimum absolute atomic E-state index is 0.213. The summed E-state index contributed by atoms with van der Waals surface area (Å²) in [5.74, 6) is 2.52. The Balaban J connectivity index is 1.27. The Kier molecular flexibility index (Phi) is 9.46. The predicted molar refractivity (Wildman–Crippen MR) is 162 cm³/mol. The molecule has 0 aliphatic carbocycles. The third-order valence-corrected chi connectivity index (χ3v) is 7.15. The SMILES string of the molecule is CCN(CC)CCNCc1ccc(-c2ccc3ncnc(Nc4ccc(OCc5cccc(F)c5)c(Cl)c4)c3c2)o1. The molecule has 2 heterocycles. The van der Waals surface area contributed by atoms with E-state index in [9.17, 15) is 4.39 Å². The number of hydrogen-bond acceptors (Lipinski definition) is 7. The molecule has 0 spiro atoms. The Hall–Kier alpha value is -3.98. The van der Waals surface area contributed by atoms with Crippen molar-refractivity contribution >= 4 is 34.0 Å². The highest BCUT2D eigenvalue weighted by Gasteiger charge is 2.11. The lowest BCUT2D eigenvalue weighted by Crippen LogP contribution is -2.31. The summed E-state index contributed by atoms with van der Waals surface area (Å²) in [5.41, 5.74) is 3.21. The highest BCUT2D eigenvalue weighted by Crippen LogP contribution is 2.32. The summed E-state index contributed by atoms with van der Waals surface area (Å²) >= 11 is 6.50. The zero-order valence-corrected chi connectivity index (χ0v) is 23.9. The van der Waals surface area contributed by atoms with Crippen LogP contribution in [0.2, 0.25) is 5.02 Å². The van der Waals surface area contributed by atoms with Crippen molar-refractivity contribution in [2.24, 2.45) is 0 Å². The van der Waals surface area contributed by atoms with Crippen LogP contribution in [0.25, 0.3) is 22.2 Å². The first-order valence-corrected chi connectivity index (χ1v) is 14.1. The maximum atomic E-state index is 13.5. The monoisotopic (exact) mass is 573 g/mol. The number of likely N-dealkylation sites (N-methyl/N-ethyl adjacent to an activating group) is 1. The van der Waals surface area contributed by atoms with Crippen molar-refractivity contribution in [1.82, 2.24) is 20.2 Å². The summed E-state index contributed by atoms with van der Waals surface area (Å²) in [4.78, 5) is 11.3. The number of rotatable bonds is 13. The fourth-order valence-corrected chi connectivity index (χ4v) is 4.78. The van der Waals surface area contributed by atoms with E-state index in [-0.39, 0.29) is 12.4 Å². The third-order valence-electron chi connectivity index (χ3n) is 6.86. The minimum atomic E-state index is -0.303. The molecule has 0 aliphatic rings. The van der Waals surface area contributed by atoms with E-state index < -0.39 is 0 Å². The van der Waals surface area contributed by atoms with Gasteiger partial charge in [-0.1, -0.05) is 37.6 Å². The van der Waals surface area contributed by atoms with Crippen LogP contribution >= 0.6 is 11.6 Å². The molecule has 0 saturated heterocycles. The van der Waals surface area contributed by atoms with Crippen molar-refractivity contribution < 1.29 is 13.5 Å². The van der Waals surface area contributed by atoms with E-state index in [1.807, 2.05) is 36.4 Å². The largest absolute Gasteiger partial charge is 0.487 e. The third kappa shape index (κ3) is 7.41. The van der Waals surface area contributed by atoms with Gasteiger partial charge in [0.1, 0.15) is 41.8 Å². The summed E-state index contributed by atoms with van der Waals surface area (Å²) < 4.78 is 25.4. The maximum Gasteiger partial charge on any atom is 0.141 e. The van der Waals surface area contributed by atoms with Crippen LogP contribution in [0, 0.1) is 5.82 Å². The van der Waals surface area contributed by atoms with Crippen LogP contribution in [0.5, 0.6) is 5.75 Å². The molecule has 2 N–H and O–H groups in total. The van der Waals surface area contributed by atoms with Crippen LogP contribution in [0.3, 0.4) is 0 Å². The Morgan fingerprint density at radius 2 is 1.85 bits per heavy atom. The lowest BCUT2D eigenvalue weighted by atomic mass is 10.1. The van der Waals surface area contributed by atoms with E-state index >= 15 is 0 Å². The van der Waals surface area contributed by atoms with Gasteiger partial charge >= 0.3 is 0 Å². The van der Waals surface area contributed by atoms with Gasteiger partial charge in [-0.15, -0.1) is 0 Å². The van der Waals surface area contributed by atoms with E-state index in [0.717, 1.165) is 65.4 Å². The summed E-state index contributed by atoms with van der Waals surface area (Å²) in [5, 5.41) is 8.09. The molecule has 0 aliphatic heterocycles. The summed E-state index contributed by atoms with van der Waals surface area (Å²) in [6.45, 7) is 9.26. The molecule has 0 unspecified atom stereocenters. The van der Waals surface area contributed by atoms with Crippen molar-refractivity contribution in [3.05, 3.63) is 101 Å². The van der Waals surface area contributed by atoms with E-state index in [2.05, 4.69) is 39.3 Å². The van der Waals surface area contributed by atoms with Crippen molar-refractivity contribution in [3.63, 3.8) is 0 Å². The van der Waals surface area contributed by atoms with Gasteiger partial charge in [0, 0.05) is 29.7 Å². The van der Waals surface area contributed by atoms with Crippen LogP contribution in [-0.4, -0.2) is 41.0 Å². The number of furan rings is 1. The van der Waals surface area contributed by atoms with Gasteiger partial charge < -0.3 is 24.7 Å². The van der Waals surface area contributed by atoms with E-state index in [1.165, 1.54) is 18.5 Å². The molecule has 0 amide bonds. The van der Waals surface area contributed by atoms with Crippen LogP contribution in [0.4, 0.5) is 15.9 Å². The van der Waals surface area contributed by atoms with Gasteiger partial charge in [0.15, 0.2) is 0 Å². The van der Waals surface area contributed by atoms with Gasteiger partial charge in [-0.2, -0.15) is 0 Å². The van der Waals surface area contributed by atoms with E-state index in [4.69, 9.17) is 20.8 Å². The molecule has 0 saturated carbocycles. The number of aromatic nitrogens is 2. The second kappa shape index (κ2) is 13.6. The van der Waals surface area contributed by atoms with Gasteiger partial charge in [0.2, 0.25) is 0 Å². The van der Waals surface area contributed by atoms with Gasteiger partial charge in [0.25, 0.3) is 0 Å². The Labute approximate surface area is 244 Å². The Morgan fingerprint density at radius 3 is 2.66 bits per heavy atom. The molecule has 0 fully saturated rings. The molecular formula is C32H33ClFN5O2. The molecule has 5 rings (SSSR count). The summed E-state index contributed by atoms with van der Waals surface area (Å²) in [6, 6.07) is 21.7. The van der Waals surface area contributed by atoms with Gasteiger partial charge in [0.05, 0.1) is 17.1 Å². The number of fused-ring (bicyclic) bond motifs is 1. The number of benzene rings is 3. The molecule has 5 aromatic rings. The molecule has 0 bridgehead atoms. The highest BCUT2D eigenvalue weighted by atomic mass is 35.5. The molecule has 3 aromatic carbocycles. The fourth-order valence-electron chi connectivity index (χ4n) is 4.55. The second-order valence-corrected chi connectivity index (χ2v) is 10.0. The van der Waals surface area contributed by atoms with E-state index in [0.29, 0.717) is 23.1 Å². The van der Waals surface area contributed by atoms with Gasteiger partial charge in [-0.05, 0) is 79.3 Å². The van der Waals surface area contributed by atoms with Gasteiger partial charge in [-0.25, -0.2) is 14.4 Å². The number of anilines is 2. The second-order valence-electron chi connectivity index (χ2n) is 9.61. The van der Waals surface area contributed by atoms with E-state index in [1.54, 1.807) is 24.3 Å². The number of halogens is 2. The predicted octanol–water partition coefficient (Wildman–Crippen LogP) is 7.44. The Bertz CT molecular complexity index is 1600. The fraction of sp³-hybridized carbons (Fsp3) is 0.250. The maximum absolute atomic E-state index is 13.5. The first-order valence-electron chi connectivity index (χ1n) is 13.7. The van der Waals surface area contributed by atoms with Crippen LogP contribution in [-0.2, 0) is 13.2 Å². The number of nitrogens with zero attached hydrogens (tertiary/aromatic N) is 3. The molecule has 0 radical (unpaired) electrons. The van der Waals surface area contributed by atoms with Crippen molar-refractivity contribution in [2.45, 2.75) is 27.0 Å². The molecule has 2 aromatic heterocycles. The van der Waals surface area contributed by atoms with Gasteiger partial charge in [-0.3, -0.25) is 0 Å². The number of nitrogens with one attached hydrogen (secondary N) is 2. The first kappa shape index (κ1) is 28.5. The van der Waals surface area contributed by atoms with Crippen molar-refractivity contribution in [1.29, 1.82) is 0 Å². The first-order chi connectivity index (χ1) is 20.0. The standard InChI is InChI=1S/C32H33ClFN5O2/c1-3-39(4-2)15-14-35-19-26-10-13-30(41-26)23-8-11-29-27(17-23)32(37-21-36-29)38-25-9-12-31(28(33)18-25)40-20-22-6-5-7-24(34)16-22/h5-13,16-18,21,35H,3-4,14-15,19-20H2,1-2H3,(H,36,37,38). The van der Waals surface area contributed by atoms with Crippen molar-refractivity contribution in [3.8, 4) is 17.1 Å². The topological polar surface area (TPSA) is 75.5 Å².